The predicted octanol–water partition coefficient (Wildman–Crippen LogP) is 1.90. The average molecular weight is 284 g/mol. The van der Waals surface area contributed by atoms with Crippen LogP contribution in [0.25, 0.3) is 0 Å². The van der Waals surface area contributed by atoms with Crippen LogP contribution in [-0.2, 0) is 4.74 Å². The van der Waals surface area contributed by atoms with Gasteiger partial charge in [-0.1, -0.05) is 19.3 Å². The third kappa shape index (κ3) is 4.97. The highest BCUT2D eigenvalue weighted by Gasteiger charge is 2.14. The summed E-state index contributed by atoms with van der Waals surface area (Å²) in [4.78, 5) is 11.6. The Balaban J connectivity index is 2.33. The Morgan fingerprint density at radius 1 is 0.950 bits per heavy atom. The van der Waals surface area contributed by atoms with Crippen LogP contribution < -0.4 is 0 Å². The number of carbonyl (C=O) groups excluding carboxylic acids is 1. The number of esters is 1. The Morgan fingerprint density at radius 2 is 1.50 bits per heavy atom. The first-order valence-electron chi connectivity index (χ1n) is 6.59. The van der Waals surface area contributed by atoms with Gasteiger partial charge >= 0.3 is 5.97 Å². The number of rotatable bonds is 8. The predicted molar refractivity (Wildman–Crippen MR) is 71.9 cm³/mol. The molecular weight excluding hydrogens is 264 g/mol. The van der Waals surface area contributed by atoms with Gasteiger partial charge in [0.15, 0.2) is 17.2 Å². The molecular formula is C14H20O6. The fourth-order valence-electron chi connectivity index (χ4n) is 1.71. The molecule has 0 fully saturated rings. The molecule has 4 N–H and O–H groups in total. The highest BCUT2D eigenvalue weighted by molar-refractivity contribution is 5.91. The number of carbonyl (C=O) groups is 1. The number of unbranched alkanes of at least 4 members (excludes halogenated alkanes) is 4. The molecule has 0 bridgehead atoms. The third-order valence-corrected chi connectivity index (χ3v) is 2.84. The zero-order valence-corrected chi connectivity index (χ0v) is 11.2. The average Bonchev–Trinajstić information content (AvgIpc) is 2.43. The van der Waals surface area contributed by atoms with E-state index in [4.69, 9.17) is 14.9 Å². The summed E-state index contributed by atoms with van der Waals surface area (Å²) in [5.41, 5.74) is -0.0157. The number of hydrogen-bond acceptors (Lipinski definition) is 6. The van der Waals surface area contributed by atoms with E-state index >= 15 is 0 Å². The molecule has 6 heteroatoms. The number of benzene rings is 1. The fourth-order valence-corrected chi connectivity index (χ4v) is 1.71. The molecule has 112 valence electrons. The van der Waals surface area contributed by atoms with E-state index < -0.39 is 23.2 Å². The van der Waals surface area contributed by atoms with Gasteiger partial charge in [0, 0.05) is 6.61 Å². The van der Waals surface area contributed by atoms with Gasteiger partial charge < -0.3 is 25.2 Å². The molecule has 0 radical (unpaired) electrons. The summed E-state index contributed by atoms with van der Waals surface area (Å²) in [5.74, 6) is -2.46. The minimum atomic E-state index is -0.662. The van der Waals surface area contributed by atoms with E-state index in [0.29, 0.717) is 6.42 Å². The minimum absolute atomic E-state index is 0.0157. The van der Waals surface area contributed by atoms with Gasteiger partial charge in [-0.2, -0.15) is 0 Å². The largest absolute Gasteiger partial charge is 0.504 e. The minimum Gasteiger partial charge on any atom is -0.504 e. The number of aliphatic hydroxyl groups excluding tert-OH is 1. The first kappa shape index (κ1) is 16.1. The Kier molecular flexibility index (Phi) is 6.66. The van der Waals surface area contributed by atoms with Crippen LogP contribution in [0.3, 0.4) is 0 Å². The Hall–Kier alpha value is -1.95. The van der Waals surface area contributed by atoms with E-state index in [9.17, 15) is 15.0 Å². The number of phenols is 3. The fraction of sp³-hybridized carbons (Fsp3) is 0.500. The van der Waals surface area contributed by atoms with Crippen LogP contribution in [0, 0.1) is 0 Å². The topological polar surface area (TPSA) is 107 Å². The van der Waals surface area contributed by atoms with Crippen molar-refractivity contribution in [1.82, 2.24) is 0 Å². The molecule has 1 rings (SSSR count). The second kappa shape index (κ2) is 8.27. The van der Waals surface area contributed by atoms with Gasteiger partial charge in [-0.25, -0.2) is 4.79 Å². The van der Waals surface area contributed by atoms with Crippen LogP contribution in [-0.4, -0.2) is 39.6 Å². The molecule has 0 amide bonds. The van der Waals surface area contributed by atoms with Crippen LogP contribution in [0.15, 0.2) is 12.1 Å². The number of aliphatic hydroxyl groups is 1. The van der Waals surface area contributed by atoms with Crippen molar-refractivity contribution in [2.75, 3.05) is 13.2 Å². The van der Waals surface area contributed by atoms with Gasteiger partial charge in [-0.05, 0) is 25.0 Å². The molecule has 1 aromatic rings. The normalized spacial score (nSPS) is 10.4. The number of phenolic OH excluding ortho intramolecular Hbond substituents is 3. The summed E-state index contributed by atoms with van der Waals surface area (Å²) < 4.78 is 4.99. The molecule has 0 saturated heterocycles. The molecule has 0 spiro atoms. The SMILES string of the molecule is O=C(OCCCCCCCO)c1cc(O)c(O)c(O)c1. The Labute approximate surface area is 117 Å². The summed E-state index contributed by atoms with van der Waals surface area (Å²) in [5, 5.41) is 36.3. The third-order valence-electron chi connectivity index (χ3n) is 2.84. The lowest BCUT2D eigenvalue weighted by Gasteiger charge is -2.07. The zero-order valence-electron chi connectivity index (χ0n) is 11.2. The van der Waals surface area contributed by atoms with Crippen LogP contribution in [0.5, 0.6) is 17.2 Å². The molecule has 0 aliphatic rings. The molecule has 0 aromatic heterocycles. The van der Waals surface area contributed by atoms with Gasteiger partial charge in [-0.3, -0.25) is 0 Å². The smallest absolute Gasteiger partial charge is 0.338 e. The van der Waals surface area contributed by atoms with Crippen molar-refractivity contribution in [3.8, 4) is 17.2 Å². The Morgan fingerprint density at radius 3 is 2.10 bits per heavy atom. The second-order valence-corrected chi connectivity index (χ2v) is 4.49. The lowest BCUT2D eigenvalue weighted by molar-refractivity contribution is 0.0496. The van der Waals surface area contributed by atoms with E-state index in [1.165, 1.54) is 0 Å². The maximum atomic E-state index is 11.6. The number of hydrogen-bond donors (Lipinski definition) is 4. The molecule has 6 nitrogen and oxygen atoms in total. The monoisotopic (exact) mass is 284 g/mol. The standard InChI is InChI=1S/C14H20O6/c15-6-4-2-1-3-5-7-20-14(19)10-8-11(16)13(18)12(17)9-10/h8-9,15-18H,1-7H2. The molecule has 0 heterocycles. The van der Waals surface area contributed by atoms with Crippen molar-refractivity contribution in [2.45, 2.75) is 32.1 Å². The number of ether oxygens (including phenoxy) is 1. The first-order valence-corrected chi connectivity index (χ1v) is 6.59. The molecule has 0 aliphatic carbocycles. The van der Waals surface area contributed by atoms with Crippen molar-refractivity contribution < 1.29 is 30.0 Å². The number of aromatic hydroxyl groups is 3. The van der Waals surface area contributed by atoms with E-state index in [1.807, 2.05) is 0 Å². The van der Waals surface area contributed by atoms with E-state index in [-0.39, 0.29) is 18.8 Å². The maximum Gasteiger partial charge on any atom is 0.338 e. The molecule has 0 aliphatic heterocycles. The van der Waals surface area contributed by atoms with Crippen LogP contribution in [0.2, 0.25) is 0 Å². The first-order chi connectivity index (χ1) is 9.56. The van der Waals surface area contributed by atoms with Gasteiger partial charge in [-0.15, -0.1) is 0 Å². The van der Waals surface area contributed by atoms with Crippen molar-refractivity contribution >= 4 is 5.97 Å². The van der Waals surface area contributed by atoms with Gasteiger partial charge in [0.1, 0.15) is 0 Å². The summed E-state index contributed by atoms with van der Waals surface area (Å²) >= 11 is 0. The van der Waals surface area contributed by atoms with Crippen molar-refractivity contribution in [3.63, 3.8) is 0 Å². The molecule has 0 unspecified atom stereocenters. The van der Waals surface area contributed by atoms with Crippen LogP contribution in [0.4, 0.5) is 0 Å². The van der Waals surface area contributed by atoms with Gasteiger partial charge in [0.2, 0.25) is 0 Å². The van der Waals surface area contributed by atoms with Gasteiger partial charge in [0.05, 0.1) is 12.2 Å². The van der Waals surface area contributed by atoms with Crippen LogP contribution in [0.1, 0.15) is 42.5 Å². The highest BCUT2D eigenvalue weighted by atomic mass is 16.5. The molecule has 1 aromatic carbocycles. The summed E-state index contributed by atoms with van der Waals surface area (Å²) in [6, 6.07) is 2.08. The molecule has 0 atom stereocenters. The van der Waals surface area contributed by atoms with E-state index in [0.717, 1.165) is 37.8 Å². The quantitative estimate of drug-likeness (QED) is 0.330. The van der Waals surface area contributed by atoms with Crippen molar-refractivity contribution in [3.05, 3.63) is 17.7 Å². The van der Waals surface area contributed by atoms with Crippen LogP contribution >= 0.6 is 0 Å². The molecule has 20 heavy (non-hydrogen) atoms. The van der Waals surface area contributed by atoms with Crippen molar-refractivity contribution in [1.29, 1.82) is 0 Å². The lowest BCUT2D eigenvalue weighted by Crippen LogP contribution is -2.06. The Bertz CT molecular complexity index is 420. The highest BCUT2D eigenvalue weighted by Crippen LogP contribution is 2.35. The molecule has 0 saturated carbocycles. The summed E-state index contributed by atoms with van der Waals surface area (Å²) in [6.45, 7) is 0.448. The second-order valence-electron chi connectivity index (χ2n) is 4.49. The summed E-state index contributed by atoms with van der Waals surface area (Å²) in [7, 11) is 0. The van der Waals surface area contributed by atoms with Crippen molar-refractivity contribution in [2.24, 2.45) is 0 Å². The maximum absolute atomic E-state index is 11.6. The van der Waals surface area contributed by atoms with Gasteiger partial charge in [0.25, 0.3) is 0 Å². The lowest BCUT2D eigenvalue weighted by atomic mass is 10.1. The zero-order chi connectivity index (χ0) is 15.0. The van der Waals surface area contributed by atoms with E-state index in [1.54, 1.807) is 0 Å². The van der Waals surface area contributed by atoms with E-state index in [2.05, 4.69) is 0 Å². The summed E-state index contributed by atoms with van der Waals surface area (Å²) in [6.07, 6.45) is 4.32.